The largest absolute Gasteiger partial charge is 0.393 e. The van der Waals surface area contributed by atoms with Crippen LogP contribution in [0.25, 0.3) is 0 Å². The summed E-state index contributed by atoms with van der Waals surface area (Å²) >= 11 is 0. The van der Waals surface area contributed by atoms with Crippen LogP contribution in [0.1, 0.15) is 31.7 Å². The van der Waals surface area contributed by atoms with Gasteiger partial charge in [0.1, 0.15) is 5.82 Å². The molecule has 2 rings (SSSR count). The molecule has 0 bridgehead atoms. The Hall–Kier alpha value is -1.86. The first-order valence-electron chi connectivity index (χ1n) is 9.36. The number of aliphatic hydroxyl groups excluding tert-OH is 1. The molecule has 0 spiro atoms. The Morgan fingerprint density at radius 1 is 1.35 bits per heavy atom. The van der Waals surface area contributed by atoms with Gasteiger partial charge in [-0.3, -0.25) is 0 Å². The molecule has 0 unspecified atom stereocenters. The lowest BCUT2D eigenvalue weighted by Crippen LogP contribution is -2.38. The third-order valence-electron chi connectivity index (χ3n) is 4.40. The number of anilines is 1. The topological polar surface area (TPSA) is 69.1 Å². The third kappa shape index (κ3) is 6.46. The van der Waals surface area contributed by atoms with Gasteiger partial charge in [-0.15, -0.1) is 0 Å². The van der Waals surface area contributed by atoms with E-state index in [2.05, 4.69) is 15.6 Å². The highest BCUT2D eigenvalue weighted by Crippen LogP contribution is 2.24. The Morgan fingerprint density at radius 2 is 2.12 bits per heavy atom. The number of aliphatic hydroxyl groups is 1. The van der Waals surface area contributed by atoms with E-state index in [4.69, 9.17) is 4.74 Å². The van der Waals surface area contributed by atoms with E-state index in [0.717, 1.165) is 31.0 Å². The normalized spacial score (nSPS) is 16.0. The number of nitrogens with zero attached hydrogens (tertiary/aromatic N) is 2. The predicted molar refractivity (Wildman–Crippen MR) is 103 cm³/mol. The Balaban J connectivity index is 1.94. The second-order valence-electron chi connectivity index (χ2n) is 6.47. The zero-order chi connectivity index (χ0) is 18.8. The molecule has 0 radical (unpaired) electrons. The van der Waals surface area contributed by atoms with Crippen molar-refractivity contribution in [2.24, 2.45) is 4.99 Å². The van der Waals surface area contributed by atoms with Crippen LogP contribution >= 0.6 is 0 Å². The minimum Gasteiger partial charge on any atom is -0.393 e. The minimum atomic E-state index is -0.260. The molecule has 1 aliphatic rings. The number of hydrogen-bond acceptors (Lipinski definition) is 4. The van der Waals surface area contributed by atoms with E-state index in [1.807, 2.05) is 24.0 Å². The van der Waals surface area contributed by atoms with Crippen LogP contribution < -0.4 is 15.5 Å². The SMILES string of the molecule is CCNC(=NCc1ccc(N2CCC(O)CC2)c(F)c1)NCCCOC. The van der Waals surface area contributed by atoms with E-state index >= 15 is 0 Å². The average molecular weight is 366 g/mol. The van der Waals surface area contributed by atoms with Gasteiger partial charge in [-0.25, -0.2) is 9.38 Å². The fraction of sp³-hybridized carbons (Fsp3) is 0.632. The standard InChI is InChI=1S/C19H31FN4O2/c1-3-21-19(22-9-4-12-26-2)23-14-15-5-6-18(17(20)13-15)24-10-7-16(25)8-11-24/h5-6,13,16,25H,3-4,7-12,14H2,1-2H3,(H2,21,22,23). The summed E-state index contributed by atoms with van der Waals surface area (Å²) in [7, 11) is 1.68. The molecular weight excluding hydrogens is 335 g/mol. The molecule has 0 saturated carbocycles. The number of ether oxygens (including phenoxy) is 1. The summed E-state index contributed by atoms with van der Waals surface area (Å²) in [5.41, 5.74) is 1.44. The van der Waals surface area contributed by atoms with Crippen molar-refractivity contribution < 1.29 is 14.2 Å². The van der Waals surface area contributed by atoms with E-state index in [1.165, 1.54) is 0 Å². The molecule has 0 aromatic heterocycles. The van der Waals surface area contributed by atoms with Gasteiger partial charge in [0.25, 0.3) is 0 Å². The summed E-state index contributed by atoms with van der Waals surface area (Å²) < 4.78 is 19.5. The van der Waals surface area contributed by atoms with Gasteiger partial charge in [0.15, 0.2) is 5.96 Å². The van der Waals surface area contributed by atoms with Crippen molar-refractivity contribution in [2.75, 3.05) is 44.8 Å². The molecule has 1 heterocycles. The summed E-state index contributed by atoms with van der Waals surface area (Å²) in [6, 6.07) is 5.29. The lowest BCUT2D eigenvalue weighted by molar-refractivity contribution is 0.145. The van der Waals surface area contributed by atoms with Crippen LogP contribution in [0.3, 0.4) is 0 Å². The minimum absolute atomic E-state index is 0.229. The van der Waals surface area contributed by atoms with Gasteiger partial charge >= 0.3 is 0 Å². The molecular formula is C19H31FN4O2. The van der Waals surface area contributed by atoms with Gasteiger partial charge in [-0.2, -0.15) is 0 Å². The molecule has 7 heteroatoms. The lowest BCUT2D eigenvalue weighted by atomic mass is 10.1. The molecule has 0 aliphatic carbocycles. The molecule has 1 aliphatic heterocycles. The van der Waals surface area contributed by atoms with E-state index in [9.17, 15) is 9.50 Å². The number of piperidine rings is 1. The maximum atomic E-state index is 14.5. The van der Waals surface area contributed by atoms with Crippen molar-refractivity contribution >= 4 is 11.6 Å². The monoisotopic (exact) mass is 366 g/mol. The van der Waals surface area contributed by atoms with Crippen molar-refractivity contribution in [3.63, 3.8) is 0 Å². The number of guanidine groups is 1. The van der Waals surface area contributed by atoms with Gasteiger partial charge in [-0.05, 0) is 43.9 Å². The summed E-state index contributed by atoms with van der Waals surface area (Å²) in [6.45, 7) is 6.04. The first-order chi connectivity index (χ1) is 12.6. The Labute approximate surface area is 155 Å². The van der Waals surface area contributed by atoms with Crippen LogP contribution in [0.4, 0.5) is 10.1 Å². The Morgan fingerprint density at radius 3 is 2.77 bits per heavy atom. The second-order valence-corrected chi connectivity index (χ2v) is 6.47. The summed E-state index contributed by atoms with van der Waals surface area (Å²) in [4.78, 5) is 6.51. The Kier molecular flexibility index (Phi) is 8.64. The van der Waals surface area contributed by atoms with Gasteiger partial charge in [0.05, 0.1) is 18.3 Å². The van der Waals surface area contributed by atoms with Crippen molar-refractivity contribution in [1.29, 1.82) is 0 Å². The van der Waals surface area contributed by atoms with Crippen LogP contribution in [-0.4, -0.2) is 57.1 Å². The Bertz CT molecular complexity index is 575. The molecule has 6 nitrogen and oxygen atoms in total. The van der Waals surface area contributed by atoms with Crippen LogP contribution in [0.2, 0.25) is 0 Å². The molecule has 3 N–H and O–H groups in total. The average Bonchev–Trinajstić information content (AvgIpc) is 2.64. The lowest BCUT2D eigenvalue weighted by Gasteiger charge is -2.31. The van der Waals surface area contributed by atoms with E-state index < -0.39 is 0 Å². The fourth-order valence-corrected chi connectivity index (χ4v) is 2.95. The zero-order valence-electron chi connectivity index (χ0n) is 15.8. The number of aliphatic imine (C=N–C) groups is 1. The fourth-order valence-electron chi connectivity index (χ4n) is 2.95. The van der Waals surface area contributed by atoms with Gasteiger partial charge in [-0.1, -0.05) is 6.07 Å². The first kappa shape index (κ1) is 20.5. The molecule has 1 aromatic rings. The van der Waals surface area contributed by atoms with E-state index in [-0.39, 0.29) is 11.9 Å². The van der Waals surface area contributed by atoms with Crippen LogP contribution in [-0.2, 0) is 11.3 Å². The maximum absolute atomic E-state index is 14.5. The maximum Gasteiger partial charge on any atom is 0.191 e. The molecule has 1 aromatic carbocycles. The van der Waals surface area contributed by atoms with E-state index in [0.29, 0.717) is 44.8 Å². The number of rotatable bonds is 8. The number of nitrogens with one attached hydrogen (secondary N) is 2. The van der Waals surface area contributed by atoms with Crippen molar-refractivity contribution in [2.45, 2.75) is 38.8 Å². The summed E-state index contributed by atoms with van der Waals surface area (Å²) in [6.07, 6.45) is 2.01. The zero-order valence-corrected chi connectivity index (χ0v) is 15.8. The molecule has 0 amide bonds. The molecule has 146 valence electrons. The van der Waals surface area contributed by atoms with E-state index in [1.54, 1.807) is 13.2 Å². The molecule has 26 heavy (non-hydrogen) atoms. The van der Waals surface area contributed by atoms with Gasteiger partial charge in [0, 0.05) is 39.9 Å². The smallest absolute Gasteiger partial charge is 0.191 e. The second kappa shape index (κ2) is 11.0. The third-order valence-corrected chi connectivity index (χ3v) is 4.40. The molecule has 1 saturated heterocycles. The predicted octanol–water partition coefficient (Wildman–Crippen LogP) is 1.88. The van der Waals surface area contributed by atoms with Crippen molar-refractivity contribution in [1.82, 2.24) is 10.6 Å². The number of hydrogen-bond donors (Lipinski definition) is 3. The van der Waals surface area contributed by atoms with Crippen LogP contribution in [0, 0.1) is 5.82 Å². The number of halogens is 1. The van der Waals surface area contributed by atoms with Crippen LogP contribution in [0.5, 0.6) is 0 Å². The van der Waals surface area contributed by atoms with Crippen LogP contribution in [0.15, 0.2) is 23.2 Å². The highest BCUT2D eigenvalue weighted by atomic mass is 19.1. The van der Waals surface area contributed by atoms with Crippen molar-refractivity contribution in [3.05, 3.63) is 29.6 Å². The highest BCUT2D eigenvalue weighted by molar-refractivity contribution is 5.79. The quantitative estimate of drug-likeness (QED) is 0.372. The molecule has 0 atom stereocenters. The number of benzene rings is 1. The first-order valence-corrected chi connectivity index (χ1v) is 9.36. The highest BCUT2D eigenvalue weighted by Gasteiger charge is 2.19. The van der Waals surface area contributed by atoms with Gasteiger partial charge < -0.3 is 25.4 Å². The summed E-state index contributed by atoms with van der Waals surface area (Å²) in [5.74, 6) is 0.491. The molecule has 1 fully saturated rings. The summed E-state index contributed by atoms with van der Waals surface area (Å²) in [5, 5.41) is 16.0. The van der Waals surface area contributed by atoms with Gasteiger partial charge in [0.2, 0.25) is 0 Å². The van der Waals surface area contributed by atoms with Crippen molar-refractivity contribution in [3.8, 4) is 0 Å². The number of methoxy groups -OCH3 is 1.